The van der Waals surface area contributed by atoms with E-state index in [0.29, 0.717) is 0 Å². The zero-order valence-corrected chi connectivity index (χ0v) is 24.5. The van der Waals surface area contributed by atoms with Crippen molar-refractivity contribution < 1.29 is 30.0 Å². The van der Waals surface area contributed by atoms with Crippen LogP contribution in [0.4, 0.5) is 0 Å². The molecule has 2 heterocycles. The maximum atomic E-state index is 10.0. The topological polar surface area (TPSA) is 50.2 Å². The van der Waals surface area contributed by atoms with Gasteiger partial charge >= 0.3 is 0 Å². The molecule has 2 aromatic carbocycles. The maximum Gasteiger partial charge on any atom is 0.155 e. The Bertz CT molecular complexity index is 1320. The van der Waals surface area contributed by atoms with Crippen LogP contribution in [0.5, 0.6) is 0 Å². The van der Waals surface area contributed by atoms with E-state index in [1.54, 1.807) is 0 Å². The minimum absolute atomic E-state index is 0. The van der Waals surface area contributed by atoms with Crippen molar-refractivity contribution in [1.29, 1.82) is 0 Å². The number of benzene rings is 2. The van der Waals surface area contributed by atoms with Crippen LogP contribution in [0.2, 0.25) is 0 Å². The first-order chi connectivity index (χ1) is 16.0. The largest absolute Gasteiger partial charge is 0.512 e. The molecule has 3 nitrogen and oxygen atoms in total. The van der Waals surface area contributed by atoms with Crippen molar-refractivity contribution >= 4 is 27.3 Å². The Morgan fingerprint density at radius 3 is 2.17 bits per heavy atom. The molecule has 0 saturated heterocycles. The second-order valence-corrected chi connectivity index (χ2v) is 10.7. The number of ketones is 1. The van der Waals surface area contributed by atoms with Crippen LogP contribution < -0.4 is 0 Å². The molecule has 0 unspecified atom stereocenters. The average molecular weight is 663 g/mol. The molecule has 5 heteroatoms. The fourth-order valence-electron chi connectivity index (χ4n) is 3.83. The van der Waals surface area contributed by atoms with Crippen LogP contribution in [-0.4, -0.2) is 15.9 Å². The minimum Gasteiger partial charge on any atom is -0.512 e. The van der Waals surface area contributed by atoms with E-state index in [1.165, 1.54) is 51.8 Å². The Labute approximate surface area is 226 Å². The molecule has 2 aromatic heterocycles. The summed E-state index contributed by atoms with van der Waals surface area (Å²) in [4.78, 5) is 16.2. The first kappa shape index (κ1) is 28.6. The third kappa shape index (κ3) is 7.44. The predicted octanol–water partition coefficient (Wildman–Crippen LogP) is 8.38. The van der Waals surface area contributed by atoms with Gasteiger partial charge in [-0.05, 0) is 73.2 Å². The van der Waals surface area contributed by atoms with Gasteiger partial charge in [0.15, 0.2) is 5.78 Å². The molecule has 0 bridgehead atoms. The molecule has 0 atom stereocenters. The van der Waals surface area contributed by atoms with Gasteiger partial charge in [-0.3, -0.25) is 9.78 Å². The molecule has 0 fully saturated rings. The zero-order valence-electron chi connectivity index (χ0n) is 21.3. The molecule has 4 rings (SSSR count). The number of thiophene rings is 1. The summed E-state index contributed by atoms with van der Waals surface area (Å²) in [6, 6.07) is 22.5. The van der Waals surface area contributed by atoms with Gasteiger partial charge in [0, 0.05) is 31.1 Å². The quantitative estimate of drug-likeness (QED) is 0.136. The van der Waals surface area contributed by atoms with Crippen LogP contribution in [0.1, 0.15) is 51.3 Å². The van der Waals surface area contributed by atoms with Crippen LogP contribution in [0.25, 0.3) is 31.9 Å². The molecule has 1 N–H and O–H groups in total. The van der Waals surface area contributed by atoms with Crippen LogP contribution >= 0.6 is 11.3 Å². The van der Waals surface area contributed by atoms with Gasteiger partial charge < -0.3 is 5.11 Å². The van der Waals surface area contributed by atoms with Crippen molar-refractivity contribution in [3.8, 4) is 21.7 Å². The molecule has 0 aliphatic heterocycles. The van der Waals surface area contributed by atoms with Gasteiger partial charge in [0.1, 0.15) is 0 Å². The van der Waals surface area contributed by atoms with Crippen LogP contribution in [0.15, 0.2) is 66.4 Å². The van der Waals surface area contributed by atoms with Crippen molar-refractivity contribution in [1.82, 2.24) is 4.98 Å². The molecule has 0 aliphatic carbocycles. The number of aromatic nitrogens is 1. The van der Waals surface area contributed by atoms with Crippen LogP contribution in [0.3, 0.4) is 0 Å². The third-order valence-corrected chi connectivity index (χ3v) is 6.52. The van der Waals surface area contributed by atoms with E-state index in [1.807, 2.05) is 29.5 Å². The number of nitrogens with zero attached hydrogens (tertiary/aromatic N) is 1. The molecular formula is C30H32IrNO2S-. The number of fused-ring (bicyclic) bond motifs is 1. The molecule has 0 aliphatic rings. The monoisotopic (exact) mass is 663 g/mol. The molecule has 35 heavy (non-hydrogen) atoms. The Morgan fingerprint density at radius 1 is 1.03 bits per heavy atom. The van der Waals surface area contributed by atoms with Gasteiger partial charge in [-0.25, -0.2) is 0 Å². The van der Waals surface area contributed by atoms with Crippen molar-refractivity contribution in [3.63, 3.8) is 0 Å². The smallest absolute Gasteiger partial charge is 0.155 e. The summed E-state index contributed by atoms with van der Waals surface area (Å²) in [6.45, 7) is 14.1. The molecular weight excluding hydrogens is 631 g/mol. The molecule has 0 spiro atoms. The van der Waals surface area contributed by atoms with E-state index in [4.69, 9.17) is 10.1 Å². The number of hydrogen-bond acceptors (Lipinski definition) is 4. The average Bonchev–Trinajstić information content (AvgIpc) is 3.15. The first-order valence-electron chi connectivity index (χ1n) is 11.3. The number of pyridine rings is 1. The Balaban J connectivity index is 0.000000476. The Morgan fingerprint density at radius 2 is 1.69 bits per heavy atom. The summed E-state index contributed by atoms with van der Waals surface area (Å²) in [5.41, 5.74) is 8.64. The zero-order chi connectivity index (χ0) is 25.0. The summed E-state index contributed by atoms with van der Waals surface area (Å²) in [5, 5.41) is 8.36. The summed E-state index contributed by atoms with van der Waals surface area (Å²) in [5.74, 6) is -0.0625. The van der Waals surface area contributed by atoms with E-state index in [0.717, 1.165) is 16.8 Å². The fraction of sp³-hybridized carbons (Fsp3) is 0.267. The maximum absolute atomic E-state index is 10.0. The number of aryl methyl sites for hydroxylation is 2. The molecule has 0 amide bonds. The number of rotatable bonds is 3. The summed E-state index contributed by atoms with van der Waals surface area (Å²) < 4.78 is 1.23. The SMILES string of the molecule is CC(=O)/C=C(/C)O.Cc1cc(C(C)(C)C)cc(C)c1-c1cc2nc(-c3[c-]cccc3)ccc2s1.[Ir]. The standard InChI is InChI=1S/C25H24NS.C5H8O2.Ir/c1-16-13-19(25(3,4)5)14-17(2)24(16)23-15-21-22(27-23)12-11-20(26-21)18-9-7-6-8-10-18;1-4(6)3-5(2)7;/h6-9,11-15H,1-5H3;3,6H,1-2H3;/q-1;;/b;4-3-;. The van der Waals surface area contributed by atoms with Crippen LogP contribution in [0, 0.1) is 19.9 Å². The predicted molar refractivity (Wildman–Crippen MR) is 145 cm³/mol. The van der Waals surface area contributed by atoms with E-state index in [9.17, 15) is 4.79 Å². The summed E-state index contributed by atoms with van der Waals surface area (Å²) in [6.07, 6.45) is 1.17. The van der Waals surface area contributed by atoms with Gasteiger partial charge in [-0.2, -0.15) is 0 Å². The van der Waals surface area contributed by atoms with E-state index in [2.05, 4.69) is 77.1 Å². The number of aliphatic hydroxyl groups excluding tert-OH is 1. The Kier molecular flexibility index (Phi) is 9.74. The van der Waals surface area contributed by atoms with Gasteiger partial charge in [0.05, 0.1) is 16.0 Å². The number of carbonyl (C=O) groups excluding carboxylic acids is 1. The second-order valence-electron chi connectivity index (χ2n) is 9.60. The summed E-state index contributed by atoms with van der Waals surface area (Å²) >= 11 is 1.82. The molecule has 185 valence electrons. The number of aliphatic hydroxyl groups is 1. The molecule has 1 radical (unpaired) electrons. The number of allylic oxidation sites excluding steroid dienone is 2. The van der Waals surface area contributed by atoms with Crippen LogP contribution in [-0.2, 0) is 30.3 Å². The van der Waals surface area contributed by atoms with Gasteiger partial charge in [-0.1, -0.05) is 39.0 Å². The van der Waals surface area contributed by atoms with E-state index in [-0.39, 0.29) is 37.1 Å². The van der Waals surface area contributed by atoms with Crippen molar-refractivity contribution in [2.75, 3.05) is 0 Å². The van der Waals surface area contributed by atoms with Gasteiger partial charge in [0.25, 0.3) is 0 Å². The number of hydrogen-bond donors (Lipinski definition) is 1. The second kappa shape index (κ2) is 11.9. The first-order valence-corrected chi connectivity index (χ1v) is 12.1. The molecule has 4 aromatic rings. The van der Waals surface area contributed by atoms with Gasteiger partial charge in [0.2, 0.25) is 0 Å². The number of carbonyl (C=O) groups is 1. The normalized spacial score (nSPS) is 11.5. The van der Waals surface area contributed by atoms with E-state index < -0.39 is 0 Å². The van der Waals surface area contributed by atoms with Crippen molar-refractivity contribution in [2.45, 2.75) is 53.9 Å². The van der Waals surface area contributed by atoms with Crippen molar-refractivity contribution in [3.05, 3.63) is 89.2 Å². The van der Waals surface area contributed by atoms with Crippen molar-refractivity contribution in [2.24, 2.45) is 0 Å². The van der Waals surface area contributed by atoms with E-state index >= 15 is 0 Å². The summed E-state index contributed by atoms with van der Waals surface area (Å²) in [7, 11) is 0. The fourth-order valence-corrected chi connectivity index (χ4v) is 5.01. The minimum atomic E-state index is -0.125. The van der Waals surface area contributed by atoms with Gasteiger partial charge in [-0.15, -0.1) is 47.2 Å². The third-order valence-electron chi connectivity index (χ3n) is 5.42. The molecule has 0 saturated carbocycles. The Hall–Kier alpha value is -2.59.